The maximum absolute atomic E-state index is 11.4. The zero-order chi connectivity index (χ0) is 15.2. The van der Waals surface area contributed by atoms with E-state index in [4.69, 9.17) is 0 Å². The molecule has 0 radical (unpaired) electrons. The molecule has 2 nitrogen and oxygen atoms in total. The Kier molecular flexibility index (Phi) is 5.04. The number of rotatable bonds is 6. The maximum atomic E-state index is 11.4. The Bertz CT molecular complexity index is 599. The lowest BCUT2D eigenvalue weighted by Crippen LogP contribution is -1.97. The molecule has 0 aliphatic rings. The SMILES string of the molecule is CC(=O)c1cccc(CCCc2cccc(C(C)=O)c2)c1. The van der Waals surface area contributed by atoms with Crippen LogP contribution < -0.4 is 0 Å². The van der Waals surface area contributed by atoms with E-state index in [1.165, 1.54) is 11.1 Å². The molecule has 0 spiro atoms. The van der Waals surface area contributed by atoms with Gasteiger partial charge < -0.3 is 0 Å². The molecule has 0 aliphatic heterocycles. The van der Waals surface area contributed by atoms with E-state index in [9.17, 15) is 9.59 Å². The Balaban J connectivity index is 1.95. The van der Waals surface area contributed by atoms with Crippen molar-refractivity contribution >= 4 is 11.6 Å². The van der Waals surface area contributed by atoms with Crippen LogP contribution in [0.4, 0.5) is 0 Å². The molecule has 0 N–H and O–H groups in total. The predicted octanol–water partition coefficient (Wildman–Crippen LogP) is 4.27. The molecule has 0 fully saturated rings. The maximum Gasteiger partial charge on any atom is 0.159 e. The van der Waals surface area contributed by atoms with E-state index < -0.39 is 0 Å². The standard InChI is InChI=1S/C19H20O2/c1-14(20)18-10-4-8-16(12-18)6-3-7-17-9-5-11-19(13-17)15(2)21/h4-5,8-13H,3,6-7H2,1-2H3. The first kappa shape index (κ1) is 15.2. The number of benzene rings is 2. The molecule has 0 unspecified atom stereocenters. The first-order valence-corrected chi connectivity index (χ1v) is 7.26. The molecule has 0 heterocycles. The van der Waals surface area contributed by atoms with Crippen LogP contribution in [0.25, 0.3) is 0 Å². The molecule has 0 atom stereocenters. The van der Waals surface area contributed by atoms with Crippen molar-refractivity contribution in [1.82, 2.24) is 0 Å². The second-order valence-corrected chi connectivity index (χ2v) is 5.37. The average molecular weight is 280 g/mol. The molecule has 2 aromatic carbocycles. The van der Waals surface area contributed by atoms with Crippen LogP contribution in [0, 0.1) is 0 Å². The molecular formula is C19H20O2. The zero-order valence-corrected chi connectivity index (χ0v) is 12.6. The number of hydrogen-bond donors (Lipinski definition) is 0. The molecule has 2 rings (SSSR count). The van der Waals surface area contributed by atoms with Gasteiger partial charge in [-0.3, -0.25) is 9.59 Å². The fourth-order valence-corrected chi connectivity index (χ4v) is 2.39. The molecule has 0 aliphatic carbocycles. The summed E-state index contributed by atoms with van der Waals surface area (Å²) in [6.07, 6.45) is 2.87. The Hall–Kier alpha value is -2.22. The van der Waals surface area contributed by atoms with Gasteiger partial charge in [-0.15, -0.1) is 0 Å². The summed E-state index contributed by atoms with van der Waals surface area (Å²) in [6, 6.07) is 15.6. The van der Waals surface area contributed by atoms with E-state index in [0.717, 1.165) is 30.4 Å². The summed E-state index contributed by atoms with van der Waals surface area (Å²) < 4.78 is 0. The molecule has 21 heavy (non-hydrogen) atoms. The van der Waals surface area contributed by atoms with Gasteiger partial charge in [0.1, 0.15) is 0 Å². The largest absolute Gasteiger partial charge is 0.295 e. The second-order valence-electron chi connectivity index (χ2n) is 5.37. The third kappa shape index (κ3) is 4.38. The van der Waals surface area contributed by atoms with Crippen molar-refractivity contribution in [3.05, 3.63) is 70.8 Å². The summed E-state index contributed by atoms with van der Waals surface area (Å²) in [6.45, 7) is 3.18. The van der Waals surface area contributed by atoms with Crippen LogP contribution in [0.15, 0.2) is 48.5 Å². The van der Waals surface area contributed by atoms with Gasteiger partial charge in [0.15, 0.2) is 11.6 Å². The second kappa shape index (κ2) is 6.98. The van der Waals surface area contributed by atoms with E-state index in [0.29, 0.717) is 0 Å². The van der Waals surface area contributed by atoms with Crippen molar-refractivity contribution in [2.75, 3.05) is 0 Å². The van der Waals surface area contributed by atoms with Gasteiger partial charge in [0.25, 0.3) is 0 Å². The first-order chi connectivity index (χ1) is 10.1. The van der Waals surface area contributed by atoms with Crippen LogP contribution in [0.1, 0.15) is 52.1 Å². The third-order valence-corrected chi connectivity index (χ3v) is 3.60. The minimum Gasteiger partial charge on any atom is -0.295 e. The lowest BCUT2D eigenvalue weighted by molar-refractivity contribution is 0.100. The molecule has 2 aromatic rings. The molecule has 0 amide bonds. The molecule has 0 bridgehead atoms. The number of aryl methyl sites for hydroxylation is 2. The summed E-state index contributed by atoms with van der Waals surface area (Å²) in [5.74, 6) is 0.206. The van der Waals surface area contributed by atoms with Gasteiger partial charge in [-0.2, -0.15) is 0 Å². The Morgan fingerprint density at radius 3 is 1.57 bits per heavy atom. The number of carbonyl (C=O) groups excluding carboxylic acids is 2. The van der Waals surface area contributed by atoms with E-state index in [1.807, 2.05) is 36.4 Å². The Morgan fingerprint density at radius 2 is 1.19 bits per heavy atom. The molecule has 0 saturated carbocycles. The highest BCUT2D eigenvalue weighted by Crippen LogP contribution is 2.12. The fourth-order valence-electron chi connectivity index (χ4n) is 2.39. The van der Waals surface area contributed by atoms with Crippen LogP contribution in [-0.4, -0.2) is 11.6 Å². The summed E-state index contributed by atoms with van der Waals surface area (Å²) in [4.78, 5) is 22.7. The summed E-state index contributed by atoms with van der Waals surface area (Å²) in [5.41, 5.74) is 3.91. The van der Waals surface area contributed by atoms with Crippen molar-refractivity contribution in [3.8, 4) is 0 Å². The highest BCUT2D eigenvalue weighted by molar-refractivity contribution is 5.94. The van der Waals surface area contributed by atoms with Gasteiger partial charge >= 0.3 is 0 Å². The molecular weight excluding hydrogens is 260 g/mol. The van der Waals surface area contributed by atoms with Crippen LogP contribution in [0.3, 0.4) is 0 Å². The predicted molar refractivity (Wildman–Crippen MR) is 84.9 cm³/mol. The Labute approximate surface area is 125 Å². The van der Waals surface area contributed by atoms with E-state index in [2.05, 4.69) is 12.1 Å². The first-order valence-electron chi connectivity index (χ1n) is 7.26. The number of hydrogen-bond acceptors (Lipinski definition) is 2. The van der Waals surface area contributed by atoms with Gasteiger partial charge in [-0.05, 0) is 56.4 Å². The number of carbonyl (C=O) groups is 2. The monoisotopic (exact) mass is 280 g/mol. The minimum atomic E-state index is 0.103. The lowest BCUT2D eigenvalue weighted by Gasteiger charge is -2.05. The fraction of sp³-hybridized carbons (Fsp3) is 0.263. The molecule has 108 valence electrons. The quantitative estimate of drug-likeness (QED) is 0.741. The topological polar surface area (TPSA) is 34.1 Å². The van der Waals surface area contributed by atoms with Gasteiger partial charge in [0.05, 0.1) is 0 Å². The van der Waals surface area contributed by atoms with E-state index in [-0.39, 0.29) is 11.6 Å². The Morgan fingerprint density at radius 1 is 0.762 bits per heavy atom. The minimum absolute atomic E-state index is 0.103. The van der Waals surface area contributed by atoms with Gasteiger partial charge in [0.2, 0.25) is 0 Å². The third-order valence-electron chi connectivity index (χ3n) is 3.60. The van der Waals surface area contributed by atoms with Crippen LogP contribution >= 0.6 is 0 Å². The lowest BCUT2D eigenvalue weighted by atomic mass is 10.00. The zero-order valence-electron chi connectivity index (χ0n) is 12.6. The van der Waals surface area contributed by atoms with Gasteiger partial charge in [-0.1, -0.05) is 36.4 Å². The summed E-state index contributed by atoms with van der Waals surface area (Å²) >= 11 is 0. The van der Waals surface area contributed by atoms with Gasteiger partial charge in [-0.25, -0.2) is 0 Å². The summed E-state index contributed by atoms with van der Waals surface area (Å²) in [7, 11) is 0. The highest BCUT2D eigenvalue weighted by atomic mass is 16.1. The number of ketones is 2. The summed E-state index contributed by atoms with van der Waals surface area (Å²) in [5, 5.41) is 0. The van der Waals surface area contributed by atoms with Gasteiger partial charge in [0, 0.05) is 11.1 Å². The van der Waals surface area contributed by atoms with Crippen LogP contribution in [0.5, 0.6) is 0 Å². The van der Waals surface area contributed by atoms with Crippen molar-refractivity contribution < 1.29 is 9.59 Å². The van der Waals surface area contributed by atoms with Crippen molar-refractivity contribution in [1.29, 1.82) is 0 Å². The molecule has 0 aromatic heterocycles. The number of Topliss-reactive ketones (excluding diaryl/α,β-unsaturated/α-hetero) is 2. The van der Waals surface area contributed by atoms with Crippen molar-refractivity contribution in [2.24, 2.45) is 0 Å². The molecule has 2 heteroatoms. The van der Waals surface area contributed by atoms with Crippen LogP contribution in [0.2, 0.25) is 0 Å². The average Bonchev–Trinajstić information content (AvgIpc) is 2.48. The van der Waals surface area contributed by atoms with Crippen molar-refractivity contribution in [2.45, 2.75) is 33.1 Å². The van der Waals surface area contributed by atoms with E-state index >= 15 is 0 Å². The normalized spacial score (nSPS) is 10.4. The highest BCUT2D eigenvalue weighted by Gasteiger charge is 2.03. The molecule has 0 saturated heterocycles. The van der Waals surface area contributed by atoms with E-state index in [1.54, 1.807) is 13.8 Å². The van der Waals surface area contributed by atoms with Crippen LogP contribution in [-0.2, 0) is 12.8 Å². The smallest absolute Gasteiger partial charge is 0.159 e. The van der Waals surface area contributed by atoms with Crippen molar-refractivity contribution in [3.63, 3.8) is 0 Å².